The summed E-state index contributed by atoms with van der Waals surface area (Å²) >= 11 is 3.09. The van der Waals surface area contributed by atoms with Crippen LogP contribution in [0, 0.1) is 17.1 Å². The van der Waals surface area contributed by atoms with Gasteiger partial charge in [0.2, 0.25) is 5.78 Å². The van der Waals surface area contributed by atoms with Crippen LogP contribution in [0.3, 0.4) is 0 Å². The molecule has 8 heteroatoms. The molecule has 0 aliphatic carbocycles. The molecular formula is C22H24BrFN4O2. The number of benzene rings is 2. The van der Waals surface area contributed by atoms with Crippen LogP contribution in [-0.4, -0.2) is 35.6 Å². The average molecular weight is 475 g/mol. The fraction of sp³-hybridized carbons (Fsp3) is 0.318. The van der Waals surface area contributed by atoms with Crippen LogP contribution in [0.5, 0.6) is 0 Å². The van der Waals surface area contributed by atoms with Crippen molar-refractivity contribution >= 4 is 39.3 Å². The van der Waals surface area contributed by atoms with E-state index in [0.29, 0.717) is 31.6 Å². The van der Waals surface area contributed by atoms with E-state index in [4.69, 9.17) is 5.41 Å². The van der Waals surface area contributed by atoms with E-state index in [2.05, 4.69) is 26.6 Å². The van der Waals surface area contributed by atoms with Gasteiger partial charge in [0.25, 0.3) is 0 Å². The van der Waals surface area contributed by atoms with Gasteiger partial charge >= 0.3 is 6.03 Å². The minimum absolute atomic E-state index is 0.106. The molecular weight excluding hydrogens is 451 g/mol. The summed E-state index contributed by atoms with van der Waals surface area (Å²) in [6.07, 6.45) is 1.01. The largest absolute Gasteiger partial charge is 0.338 e. The van der Waals surface area contributed by atoms with E-state index >= 15 is 0 Å². The molecule has 2 amide bonds. The number of ketones is 1. The third kappa shape index (κ3) is 5.44. The lowest BCUT2D eigenvalue weighted by atomic mass is 9.92. The van der Waals surface area contributed by atoms with Gasteiger partial charge in [-0.2, -0.15) is 0 Å². The Morgan fingerprint density at radius 3 is 2.47 bits per heavy atom. The molecule has 2 aromatic rings. The van der Waals surface area contributed by atoms with Crippen molar-refractivity contribution < 1.29 is 14.0 Å². The van der Waals surface area contributed by atoms with Crippen LogP contribution in [-0.2, 0) is 4.79 Å². The van der Waals surface area contributed by atoms with Crippen molar-refractivity contribution in [2.45, 2.75) is 25.8 Å². The van der Waals surface area contributed by atoms with Crippen molar-refractivity contribution in [1.29, 1.82) is 5.41 Å². The van der Waals surface area contributed by atoms with Gasteiger partial charge in [0, 0.05) is 24.7 Å². The monoisotopic (exact) mass is 474 g/mol. The maximum absolute atomic E-state index is 13.3. The van der Waals surface area contributed by atoms with Crippen molar-refractivity contribution in [1.82, 2.24) is 10.2 Å². The zero-order valence-electron chi connectivity index (χ0n) is 16.6. The minimum Gasteiger partial charge on any atom is -0.338 e. The van der Waals surface area contributed by atoms with Crippen LogP contribution in [0.2, 0.25) is 0 Å². The number of rotatable bonds is 5. The lowest BCUT2D eigenvalue weighted by Crippen LogP contribution is -2.47. The van der Waals surface area contributed by atoms with Crippen molar-refractivity contribution in [2.75, 3.05) is 18.4 Å². The maximum Gasteiger partial charge on any atom is 0.317 e. The second-order valence-electron chi connectivity index (χ2n) is 7.34. The first kappa shape index (κ1) is 22.0. The average Bonchev–Trinajstić information content (AvgIpc) is 2.76. The predicted octanol–water partition coefficient (Wildman–Crippen LogP) is 4.73. The number of nitrogens with one attached hydrogen (secondary N) is 3. The number of amides is 2. The van der Waals surface area contributed by atoms with Crippen molar-refractivity contribution in [3.63, 3.8) is 0 Å². The number of amidine groups is 1. The zero-order valence-corrected chi connectivity index (χ0v) is 18.2. The van der Waals surface area contributed by atoms with Gasteiger partial charge in [0.1, 0.15) is 5.82 Å². The van der Waals surface area contributed by atoms with Gasteiger partial charge in [-0.05, 0) is 59.5 Å². The summed E-state index contributed by atoms with van der Waals surface area (Å²) in [4.78, 5) is 26.8. The number of likely N-dealkylation sites (tertiary alicyclic amines) is 1. The van der Waals surface area contributed by atoms with E-state index in [9.17, 15) is 14.0 Å². The number of anilines is 1. The van der Waals surface area contributed by atoms with Crippen molar-refractivity contribution in [2.24, 2.45) is 5.92 Å². The molecule has 30 heavy (non-hydrogen) atoms. The molecule has 2 aromatic carbocycles. The number of urea groups is 1. The van der Waals surface area contributed by atoms with Gasteiger partial charge in [-0.15, -0.1) is 0 Å². The third-order valence-electron chi connectivity index (χ3n) is 5.23. The Bertz CT molecular complexity index is 930. The number of piperidine rings is 1. The zero-order chi connectivity index (χ0) is 21.7. The second-order valence-corrected chi connectivity index (χ2v) is 8.19. The molecule has 1 aliphatic heterocycles. The smallest absolute Gasteiger partial charge is 0.317 e. The molecule has 1 atom stereocenters. The van der Waals surface area contributed by atoms with Crippen molar-refractivity contribution in [3.8, 4) is 0 Å². The molecule has 1 fully saturated rings. The van der Waals surface area contributed by atoms with E-state index in [1.807, 2.05) is 37.3 Å². The number of hydrogen-bond donors (Lipinski definition) is 3. The number of Topliss-reactive ketones (excluding diaryl/α,β-unsaturated/α-hetero) is 1. The molecule has 1 aliphatic rings. The standard InChI is InChI=1S/C22H24BrFN4O2/c1-14(15-5-3-2-4-6-15)26-22(30)28-11-9-16(10-12-28)20(29)21(25)27-17-7-8-19(24)18(23)13-17/h2-8,13-14,16H,9-12H2,1H3,(H2,25,27)(H,26,30)/t14-/m1/s1. The summed E-state index contributed by atoms with van der Waals surface area (Å²) in [5.74, 6) is -1.25. The van der Waals surface area contributed by atoms with E-state index in [-0.39, 0.29) is 34.1 Å². The van der Waals surface area contributed by atoms with Crippen LogP contribution < -0.4 is 10.6 Å². The van der Waals surface area contributed by atoms with Crippen LogP contribution in [0.4, 0.5) is 14.9 Å². The van der Waals surface area contributed by atoms with Gasteiger partial charge in [-0.3, -0.25) is 10.2 Å². The highest BCUT2D eigenvalue weighted by Gasteiger charge is 2.30. The van der Waals surface area contributed by atoms with Crippen LogP contribution >= 0.6 is 15.9 Å². The third-order valence-corrected chi connectivity index (χ3v) is 5.84. The maximum atomic E-state index is 13.3. The van der Waals surface area contributed by atoms with Crippen LogP contribution in [0.25, 0.3) is 0 Å². The van der Waals surface area contributed by atoms with Gasteiger partial charge in [0.05, 0.1) is 10.5 Å². The number of nitrogens with zero attached hydrogens (tertiary/aromatic N) is 1. The quantitative estimate of drug-likeness (QED) is 0.432. The highest BCUT2D eigenvalue weighted by molar-refractivity contribution is 9.10. The van der Waals surface area contributed by atoms with Crippen molar-refractivity contribution in [3.05, 3.63) is 64.4 Å². The second kappa shape index (κ2) is 9.84. The molecule has 0 spiro atoms. The Kier molecular flexibility index (Phi) is 7.20. The molecule has 0 bridgehead atoms. The summed E-state index contributed by atoms with van der Waals surface area (Å²) in [6.45, 7) is 2.85. The highest BCUT2D eigenvalue weighted by atomic mass is 79.9. The topological polar surface area (TPSA) is 85.3 Å². The molecule has 3 rings (SSSR count). The van der Waals surface area contributed by atoms with E-state index in [1.165, 1.54) is 18.2 Å². The Labute approximate surface area is 183 Å². The normalized spacial score (nSPS) is 15.4. The molecule has 158 valence electrons. The lowest BCUT2D eigenvalue weighted by Gasteiger charge is -2.32. The van der Waals surface area contributed by atoms with Crippen LogP contribution in [0.1, 0.15) is 31.4 Å². The first-order valence-electron chi connectivity index (χ1n) is 9.80. The SMILES string of the molecule is C[C@@H](NC(=O)N1CCC(C(=O)C(=N)Nc2ccc(F)c(Br)c2)CC1)c1ccccc1. The van der Waals surface area contributed by atoms with Gasteiger partial charge in [0.15, 0.2) is 5.84 Å². The van der Waals surface area contributed by atoms with Gasteiger partial charge in [-0.1, -0.05) is 30.3 Å². The summed E-state index contributed by atoms with van der Waals surface area (Å²) in [7, 11) is 0. The predicted molar refractivity (Wildman–Crippen MR) is 118 cm³/mol. The molecule has 3 N–H and O–H groups in total. The molecule has 1 saturated heterocycles. The summed E-state index contributed by atoms with van der Waals surface area (Å²) in [5, 5.41) is 13.8. The molecule has 0 saturated carbocycles. The Hall–Kier alpha value is -2.74. The number of hydrogen-bond acceptors (Lipinski definition) is 3. The van der Waals surface area contributed by atoms with E-state index in [1.54, 1.807) is 4.90 Å². The lowest BCUT2D eigenvalue weighted by molar-refractivity contribution is -0.117. The summed E-state index contributed by atoms with van der Waals surface area (Å²) < 4.78 is 13.6. The fourth-order valence-electron chi connectivity index (χ4n) is 3.43. The first-order valence-corrected chi connectivity index (χ1v) is 10.6. The summed E-state index contributed by atoms with van der Waals surface area (Å²) in [6, 6.07) is 13.7. The van der Waals surface area contributed by atoms with Gasteiger partial charge < -0.3 is 15.5 Å². The molecule has 6 nitrogen and oxygen atoms in total. The number of halogens is 2. The van der Waals surface area contributed by atoms with Gasteiger partial charge in [-0.25, -0.2) is 9.18 Å². The minimum atomic E-state index is -0.411. The first-order chi connectivity index (χ1) is 14.3. The van der Waals surface area contributed by atoms with E-state index < -0.39 is 5.82 Å². The van der Waals surface area contributed by atoms with Crippen LogP contribution in [0.15, 0.2) is 53.0 Å². The Balaban J connectivity index is 1.49. The highest BCUT2D eigenvalue weighted by Crippen LogP contribution is 2.22. The fourth-order valence-corrected chi connectivity index (χ4v) is 3.81. The molecule has 0 unspecified atom stereocenters. The van der Waals surface area contributed by atoms with E-state index in [0.717, 1.165) is 5.56 Å². The molecule has 0 aromatic heterocycles. The Morgan fingerprint density at radius 2 is 1.83 bits per heavy atom. The summed E-state index contributed by atoms with van der Waals surface area (Å²) in [5.41, 5.74) is 1.50. The number of carbonyl (C=O) groups is 2. The molecule has 1 heterocycles. The molecule has 0 radical (unpaired) electrons. The number of carbonyl (C=O) groups excluding carboxylic acids is 2. The Morgan fingerprint density at radius 1 is 1.17 bits per heavy atom.